The Hall–Kier alpha value is -2.94. The molecule has 0 fully saturated rings. The van der Waals surface area contributed by atoms with E-state index in [1.807, 2.05) is 48.5 Å². The second-order valence-electron chi connectivity index (χ2n) is 4.74. The quantitative estimate of drug-likeness (QED) is 0.451. The van der Waals surface area contributed by atoms with Gasteiger partial charge in [0, 0.05) is 0 Å². The van der Waals surface area contributed by atoms with Crippen LogP contribution in [0.1, 0.15) is 5.56 Å². The number of hydrogen-bond acceptors (Lipinski definition) is 2. The van der Waals surface area contributed by atoms with Crippen LogP contribution < -0.4 is 0 Å². The molecule has 0 aromatic heterocycles. The van der Waals surface area contributed by atoms with Gasteiger partial charge in [-0.25, -0.2) is 4.79 Å². The van der Waals surface area contributed by atoms with Crippen molar-refractivity contribution in [2.24, 2.45) is 0 Å². The Morgan fingerprint density at radius 3 is 1.90 bits per heavy atom. The van der Waals surface area contributed by atoms with Gasteiger partial charge in [0.15, 0.2) is 0 Å². The summed E-state index contributed by atoms with van der Waals surface area (Å²) >= 11 is 0. The molecular formula is C18H12O3. The second kappa shape index (κ2) is 5.21. The third kappa shape index (κ3) is 2.41. The highest BCUT2D eigenvalue weighted by Crippen LogP contribution is 2.29. The van der Waals surface area contributed by atoms with Gasteiger partial charge in [-0.3, -0.25) is 4.79 Å². The van der Waals surface area contributed by atoms with Crippen molar-refractivity contribution in [3.8, 4) is 0 Å². The Bertz CT molecular complexity index is 837. The molecule has 0 heterocycles. The van der Waals surface area contributed by atoms with Crippen LogP contribution in [0.3, 0.4) is 0 Å². The third-order valence-corrected chi connectivity index (χ3v) is 3.43. The molecule has 0 radical (unpaired) electrons. The molecule has 0 amide bonds. The monoisotopic (exact) mass is 276 g/mol. The van der Waals surface area contributed by atoms with Crippen molar-refractivity contribution >= 4 is 39.4 Å². The summed E-state index contributed by atoms with van der Waals surface area (Å²) in [5.41, 5.74) is 0.860. The summed E-state index contributed by atoms with van der Waals surface area (Å²) in [7, 11) is 0. The molecule has 0 saturated carbocycles. The van der Waals surface area contributed by atoms with E-state index in [0.29, 0.717) is 0 Å². The summed E-state index contributed by atoms with van der Waals surface area (Å²) in [5, 5.41) is 12.8. The first-order valence-corrected chi connectivity index (χ1v) is 6.52. The van der Waals surface area contributed by atoms with E-state index in [2.05, 4.69) is 6.07 Å². The zero-order chi connectivity index (χ0) is 14.8. The number of fused-ring (bicyclic) bond motifs is 2. The van der Waals surface area contributed by atoms with Crippen LogP contribution in [-0.4, -0.2) is 16.9 Å². The van der Waals surface area contributed by atoms with Crippen molar-refractivity contribution in [1.29, 1.82) is 0 Å². The standard InChI is InChI=1S/C18H12O3/c19-17(18(20)21)10-9-16-14-7-3-1-5-12(14)11-13-6-2-4-8-15(13)16/h1-11H,(H,20,21)/b10-9+. The van der Waals surface area contributed by atoms with Gasteiger partial charge in [0.05, 0.1) is 0 Å². The maximum atomic E-state index is 11.3. The van der Waals surface area contributed by atoms with Crippen molar-refractivity contribution in [2.75, 3.05) is 0 Å². The molecule has 3 rings (SSSR count). The van der Waals surface area contributed by atoms with Gasteiger partial charge in [-0.2, -0.15) is 0 Å². The lowest BCUT2D eigenvalue weighted by atomic mass is 9.96. The first-order chi connectivity index (χ1) is 10.2. The summed E-state index contributed by atoms with van der Waals surface area (Å²) in [6.45, 7) is 0. The molecule has 0 atom stereocenters. The number of carbonyl (C=O) groups excluding carboxylic acids is 1. The molecule has 3 nitrogen and oxygen atoms in total. The van der Waals surface area contributed by atoms with Crippen LogP contribution >= 0.6 is 0 Å². The fraction of sp³-hybridized carbons (Fsp3) is 0. The Kier molecular flexibility index (Phi) is 3.24. The van der Waals surface area contributed by atoms with Crippen LogP contribution in [-0.2, 0) is 9.59 Å². The molecule has 3 heteroatoms. The Balaban J connectivity index is 2.30. The van der Waals surface area contributed by atoms with Gasteiger partial charge < -0.3 is 5.11 Å². The number of hydrogen-bond donors (Lipinski definition) is 1. The number of aliphatic carboxylic acids is 1. The van der Waals surface area contributed by atoms with Crippen molar-refractivity contribution < 1.29 is 14.7 Å². The van der Waals surface area contributed by atoms with Crippen molar-refractivity contribution in [3.63, 3.8) is 0 Å². The zero-order valence-corrected chi connectivity index (χ0v) is 11.1. The van der Waals surface area contributed by atoms with E-state index in [9.17, 15) is 9.59 Å². The molecule has 0 spiro atoms. The largest absolute Gasteiger partial charge is 0.475 e. The van der Waals surface area contributed by atoms with E-state index in [-0.39, 0.29) is 0 Å². The van der Waals surface area contributed by atoms with Gasteiger partial charge in [0.25, 0.3) is 5.78 Å². The minimum atomic E-state index is -1.45. The molecule has 1 N–H and O–H groups in total. The lowest BCUT2D eigenvalue weighted by Gasteiger charge is -2.08. The van der Waals surface area contributed by atoms with Gasteiger partial charge in [0.1, 0.15) is 0 Å². The van der Waals surface area contributed by atoms with Gasteiger partial charge in [-0.15, -0.1) is 0 Å². The average molecular weight is 276 g/mol. The predicted molar refractivity (Wildman–Crippen MR) is 83.1 cm³/mol. The smallest absolute Gasteiger partial charge is 0.376 e. The van der Waals surface area contributed by atoms with E-state index >= 15 is 0 Å². The number of ketones is 1. The van der Waals surface area contributed by atoms with E-state index in [1.54, 1.807) is 6.08 Å². The Labute approximate surface area is 121 Å². The van der Waals surface area contributed by atoms with Crippen molar-refractivity contribution in [3.05, 3.63) is 66.2 Å². The van der Waals surface area contributed by atoms with Crippen LogP contribution in [0.4, 0.5) is 0 Å². The molecule has 0 aliphatic heterocycles. The first-order valence-electron chi connectivity index (χ1n) is 6.52. The average Bonchev–Trinajstić information content (AvgIpc) is 2.51. The number of benzene rings is 3. The predicted octanol–water partition coefficient (Wildman–Crippen LogP) is 3.66. The highest BCUT2D eigenvalue weighted by atomic mass is 16.4. The molecule has 3 aromatic rings. The summed E-state index contributed by atoms with van der Waals surface area (Å²) < 4.78 is 0. The van der Waals surface area contributed by atoms with E-state index in [4.69, 9.17) is 5.11 Å². The van der Waals surface area contributed by atoms with E-state index in [0.717, 1.165) is 33.2 Å². The SMILES string of the molecule is O=C(O)C(=O)/C=C/c1c2ccccc2cc2ccccc12. The molecule has 0 unspecified atom stereocenters. The van der Waals surface area contributed by atoms with Crippen LogP contribution in [0.25, 0.3) is 27.6 Å². The normalized spacial score (nSPS) is 11.2. The maximum absolute atomic E-state index is 11.3. The van der Waals surface area contributed by atoms with Crippen LogP contribution in [0.15, 0.2) is 60.7 Å². The highest BCUT2D eigenvalue weighted by Gasteiger charge is 2.08. The zero-order valence-electron chi connectivity index (χ0n) is 11.1. The molecule has 0 aliphatic rings. The molecule has 0 bridgehead atoms. The summed E-state index contributed by atoms with van der Waals surface area (Å²) in [4.78, 5) is 21.9. The molecule has 0 aliphatic carbocycles. The van der Waals surface area contributed by atoms with Crippen molar-refractivity contribution in [2.45, 2.75) is 0 Å². The fourth-order valence-electron chi connectivity index (χ4n) is 2.46. The Morgan fingerprint density at radius 1 is 0.857 bits per heavy atom. The Morgan fingerprint density at radius 2 is 1.38 bits per heavy atom. The van der Waals surface area contributed by atoms with Crippen molar-refractivity contribution in [1.82, 2.24) is 0 Å². The molecule has 21 heavy (non-hydrogen) atoms. The van der Waals surface area contributed by atoms with Gasteiger partial charge in [0.2, 0.25) is 0 Å². The molecular weight excluding hydrogens is 264 g/mol. The van der Waals surface area contributed by atoms with Crippen LogP contribution in [0.2, 0.25) is 0 Å². The lowest BCUT2D eigenvalue weighted by molar-refractivity contribution is -0.146. The van der Waals surface area contributed by atoms with E-state index in [1.165, 1.54) is 0 Å². The minimum Gasteiger partial charge on any atom is -0.475 e. The number of rotatable bonds is 3. The molecule has 3 aromatic carbocycles. The minimum absolute atomic E-state index is 0.860. The summed E-state index contributed by atoms with van der Waals surface area (Å²) in [6.07, 6.45) is 2.69. The fourth-order valence-corrected chi connectivity index (χ4v) is 2.46. The third-order valence-electron chi connectivity index (χ3n) is 3.43. The van der Waals surface area contributed by atoms with E-state index < -0.39 is 11.8 Å². The van der Waals surface area contributed by atoms with Gasteiger partial charge in [-0.1, -0.05) is 48.5 Å². The topological polar surface area (TPSA) is 54.4 Å². The maximum Gasteiger partial charge on any atom is 0.376 e. The van der Waals surface area contributed by atoms with Gasteiger partial charge >= 0.3 is 5.97 Å². The highest BCUT2D eigenvalue weighted by molar-refractivity contribution is 6.38. The number of carboxylic acid groups (broad SMARTS) is 1. The van der Waals surface area contributed by atoms with Crippen LogP contribution in [0, 0.1) is 0 Å². The lowest BCUT2D eigenvalue weighted by Crippen LogP contribution is -2.08. The first kappa shape index (κ1) is 13.1. The summed E-state index contributed by atoms with van der Waals surface area (Å²) in [5.74, 6) is -2.37. The molecule has 102 valence electrons. The number of carbonyl (C=O) groups is 2. The summed E-state index contributed by atoms with van der Waals surface area (Å²) in [6, 6.07) is 17.8. The van der Waals surface area contributed by atoms with Gasteiger partial charge in [-0.05, 0) is 45.3 Å². The van der Waals surface area contributed by atoms with Crippen LogP contribution in [0.5, 0.6) is 0 Å². The second-order valence-corrected chi connectivity index (χ2v) is 4.74. The molecule has 0 saturated heterocycles. The number of carboxylic acids is 1.